The third-order valence-electron chi connectivity index (χ3n) is 3.25. The van der Waals surface area contributed by atoms with Gasteiger partial charge in [0.15, 0.2) is 0 Å². The standard InChI is InChI=1S/C17H12N2O2/c1-11-6-7-19-17(16(11)10-18)21-15-5-3-12-2-4-14(20)8-13(12)9-15/h2-9,20H,1H3. The highest BCUT2D eigenvalue weighted by Crippen LogP contribution is 2.29. The van der Waals surface area contributed by atoms with Crippen LogP contribution in [0.5, 0.6) is 17.4 Å². The second kappa shape index (κ2) is 5.14. The zero-order valence-electron chi connectivity index (χ0n) is 11.4. The Bertz CT molecular complexity index is 866. The molecule has 0 fully saturated rings. The van der Waals surface area contributed by atoms with Gasteiger partial charge in [0, 0.05) is 6.20 Å². The van der Waals surface area contributed by atoms with Crippen molar-refractivity contribution in [2.75, 3.05) is 0 Å². The Labute approximate surface area is 121 Å². The molecular weight excluding hydrogens is 264 g/mol. The number of nitriles is 1. The van der Waals surface area contributed by atoms with Gasteiger partial charge in [0.05, 0.1) is 0 Å². The first-order chi connectivity index (χ1) is 10.2. The van der Waals surface area contributed by atoms with Gasteiger partial charge in [-0.25, -0.2) is 4.98 Å². The van der Waals surface area contributed by atoms with E-state index in [0.29, 0.717) is 11.3 Å². The maximum absolute atomic E-state index is 9.53. The summed E-state index contributed by atoms with van der Waals surface area (Å²) in [6, 6.07) is 14.5. The molecule has 0 amide bonds. The van der Waals surface area contributed by atoms with Gasteiger partial charge in [-0.15, -0.1) is 0 Å². The monoisotopic (exact) mass is 276 g/mol. The van der Waals surface area contributed by atoms with Crippen molar-refractivity contribution in [1.29, 1.82) is 5.26 Å². The molecule has 4 nitrogen and oxygen atoms in total. The van der Waals surface area contributed by atoms with Crippen LogP contribution in [-0.4, -0.2) is 10.1 Å². The first-order valence-corrected chi connectivity index (χ1v) is 6.44. The SMILES string of the molecule is Cc1ccnc(Oc2ccc3ccc(O)cc3c2)c1C#N. The van der Waals surface area contributed by atoms with E-state index in [-0.39, 0.29) is 11.6 Å². The van der Waals surface area contributed by atoms with Gasteiger partial charge in [0.25, 0.3) is 0 Å². The lowest BCUT2D eigenvalue weighted by Gasteiger charge is -2.08. The lowest BCUT2D eigenvalue weighted by molar-refractivity contribution is 0.461. The number of aryl methyl sites for hydroxylation is 1. The van der Waals surface area contributed by atoms with Gasteiger partial charge >= 0.3 is 0 Å². The van der Waals surface area contributed by atoms with Gasteiger partial charge in [-0.05, 0) is 53.6 Å². The van der Waals surface area contributed by atoms with Crippen LogP contribution in [0.3, 0.4) is 0 Å². The predicted octanol–water partition coefficient (Wildman–Crippen LogP) is 3.91. The fourth-order valence-electron chi connectivity index (χ4n) is 2.13. The summed E-state index contributed by atoms with van der Waals surface area (Å²) in [5.74, 6) is 1.06. The van der Waals surface area contributed by atoms with Gasteiger partial charge in [-0.1, -0.05) is 12.1 Å². The Morgan fingerprint density at radius 3 is 2.71 bits per heavy atom. The third-order valence-corrected chi connectivity index (χ3v) is 3.25. The van der Waals surface area contributed by atoms with E-state index in [9.17, 15) is 10.4 Å². The van der Waals surface area contributed by atoms with Crippen molar-refractivity contribution in [1.82, 2.24) is 4.98 Å². The first kappa shape index (κ1) is 12.9. The number of rotatable bonds is 2. The van der Waals surface area contributed by atoms with Crippen LogP contribution in [0.4, 0.5) is 0 Å². The minimum absolute atomic E-state index is 0.200. The van der Waals surface area contributed by atoms with Crippen molar-refractivity contribution in [2.45, 2.75) is 6.92 Å². The number of hydrogen-bond donors (Lipinski definition) is 1. The number of aromatic hydroxyl groups is 1. The van der Waals surface area contributed by atoms with Crippen molar-refractivity contribution in [3.05, 3.63) is 59.8 Å². The number of benzene rings is 2. The summed E-state index contributed by atoms with van der Waals surface area (Å²) in [4.78, 5) is 4.11. The average molecular weight is 276 g/mol. The molecule has 0 bridgehead atoms. The molecule has 3 rings (SSSR count). The molecule has 1 heterocycles. The second-order valence-corrected chi connectivity index (χ2v) is 4.72. The number of pyridine rings is 1. The molecule has 0 atom stereocenters. The zero-order chi connectivity index (χ0) is 14.8. The van der Waals surface area contributed by atoms with E-state index in [2.05, 4.69) is 11.1 Å². The molecule has 0 saturated carbocycles. The minimum atomic E-state index is 0.200. The van der Waals surface area contributed by atoms with Crippen molar-refractivity contribution in [3.63, 3.8) is 0 Å². The van der Waals surface area contributed by atoms with Crippen LogP contribution in [0.15, 0.2) is 48.7 Å². The molecule has 0 aliphatic rings. The molecule has 102 valence electrons. The Morgan fingerprint density at radius 2 is 1.90 bits per heavy atom. The second-order valence-electron chi connectivity index (χ2n) is 4.72. The van der Waals surface area contributed by atoms with Gasteiger partial charge in [0.1, 0.15) is 23.1 Å². The zero-order valence-corrected chi connectivity index (χ0v) is 11.4. The summed E-state index contributed by atoms with van der Waals surface area (Å²) in [7, 11) is 0. The third kappa shape index (κ3) is 2.49. The quantitative estimate of drug-likeness (QED) is 0.770. The normalized spacial score (nSPS) is 10.3. The van der Waals surface area contributed by atoms with Gasteiger partial charge in [-0.2, -0.15) is 5.26 Å². The van der Waals surface area contributed by atoms with Crippen LogP contribution in [0.2, 0.25) is 0 Å². The Hall–Kier alpha value is -3.06. The fraction of sp³-hybridized carbons (Fsp3) is 0.0588. The van der Waals surface area contributed by atoms with Gasteiger partial charge in [0.2, 0.25) is 5.88 Å². The minimum Gasteiger partial charge on any atom is -0.508 e. The number of fused-ring (bicyclic) bond motifs is 1. The Morgan fingerprint density at radius 1 is 1.10 bits per heavy atom. The average Bonchev–Trinajstić information content (AvgIpc) is 2.47. The lowest BCUT2D eigenvalue weighted by atomic mass is 10.1. The molecule has 1 aromatic heterocycles. The summed E-state index contributed by atoms with van der Waals surface area (Å²) in [6.07, 6.45) is 1.61. The summed E-state index contributed by atoms with van der Waals surface area (Å²) >= 11 is 0. The van der Waals surface area contributed by atoms with E-state index in [1.54, 1.807) is 30.5 Å². The van der Waals surface area contributed by atoms with Crippen molar-refractivity contribution < 1.29 is 9.84 Å². The van der Waals surface area contributed by atoms with Crippen molar-refractivity contribution in [3.8, 4) is 23.4 Å². The summed E-state index contributed by atoms with van der Waals surface area (Å²) < 4.78 is 5.71. The van der Waals surface area contributed by atoms with E-state index < -0.39 is 0 Å². The summed E-state index contributed by atoms with van der Waals surface area (Å²) in [6.45, 7) is 1.84. The number of aromatic nitrogens is 1. The highest BCUT2D eigenvalue weighted by molar-refractivity contribution is 5.85. The van der Waals surface area contributed by atoms with Crippen LogP contribution in [0, 0.1) is 18.3 Å². The van der Waals surface area contributed by atoms with Crippen LogP contribution in [0.1, 0.15) is 11.1 Å². The number of hydrogen-bond acceptors (Lipinski definition) is 4. The van der Waals surface area contributed by atoms with Gasteiger partial charge < -0.3 is 9.84 Å². The Balaban J connectivity index is 2.03. The number of phenols is 1. The van der Waals surface area contributed by atoms with Crippen LogP contribution < -0.4 is 4.74 Å². The number of phenolic OH excluding ortho intramolecular Hbond substituents is 1. The van der Waals surface area contributed by atoms with Crippen LogP contribution in [0.25, 0.3) is 10.8 Å². The Kier molecular flexibility index (Phi) is 3.17. The molecule has 3 aromatic rings. The molecule has 4 heteroatoms. The lowest BCUT2D eigenvalue weighted by Crippen LogP contribution is -1.94. The van der Waals surface area contributed by atoms with Gasteiger partial charge in [-0.3, -0.25) is 0 Å². The molecule has 21 heavy (non-hydrogen) atoms. The molecule has 1 N–H and O–H groups in total. The maximum Gasteiger partial charge on any atom is 0.237 e. The molecule has 0 spiro atoms. The molecule has 0 radical (unpaired) electrons. The molecule has 2 aromatic carbocycles. The summed E-state index contributed by atoms with van der Waals surface area (Å²) in [5.41, 5.74) is 1.24. The highest BCUT2D eigenvalue weighted by atomic mass is 16.5. The van der Waals surface area contributed by atoms with Crippen molar-refractivity contribution in [2.24, 2.45) is 0 Å². The smallest absolute Gasteiger partial charge is 0.237 e. The largest absolute Gasteiger partial charge is 0.508 e. The van der Waals surface area contributed by atoms with E-state index >= 15 is 0 Å². The number of nitrogens with zero attached hydrogens (tertiary/aromatic N) is 2. The van der Waals surface area contributed by atoms with E-state index in [1.807, 2.05) is 25.1 Å². The van der Waals surface area contributed by atoms with Crippen LogP contribution in [-0.2, 0) is 0 Å². The van der Waals surface area contributed by atoms with Crippen molar-refractivity contribution >= 4 is 10.8 Å². The van der Waals surface area contributed by atoms with Crippen LogP contribution >= 0.6 is 0 Å². The summed E-state index contributed by atoms with van der Waals surface area (Å²) in [5, 5.41) is 20.6. The number of ether oxygens (including phenoxy) is 1. The van der Waals surface area contributed by atoms with E-state index in [4.69, 9.17) is 4.74 Å². The highest BCUT2D eigenvalue weighted by Gasteiger charge is 2.09. The predicted molar refractivity (Wildman–Crippen MR) is 79.4 cm³/mol. The van der Waals surface area contributed by atoms with E-state index in [0.717, 1.165) is 16.3 Å². The fourth-order valence-corrected chi connectivity index (χ4v) is 2.13. The van der Waals surface area contributed by atoms with E-state index in [1.165, 1.54) is 0 Å². The topological polar surface area (TPSA) is 66.1 Å². The molecule has 0 saturated heterocycles. The molecule has 0 aliphatic carbocycles. The molecule has 0 aliphatic heterocycles. The molecular formula is C17H12N2O2. The first-order valence-electron chi connectivity index (χ1n) is 6.44. The molecule has 0 unspecified atom stereocenters. The maximum atomic E-state index is 9.53.